The minimum absolute atomic E-state index is 0.00353. The Kier molecular flexibility index (Phi) is 7.87. The number of rotatable bonds is 8. The van der Waals surface area contributed by atoms with E-state index >= 15 is 0 Å². The highest BCUT2D eigenvalue weighted by Crippen LogP contribution is 2.20. The topological polar surface area (TPSA) is 53.1 Å². The van der Waals surface area contributed by atoms with Crippen molar-refractivity contribution in [2.45, 2.75) is 39.0 Å². The summed E-state index contributed by atoms with van der Waals surface area (Å²) in [5.41, 5.74) is 2.26. The van der Waals surface area contributed by atoms with Crippen molar-refractivity contribution in [1.82, 2.24) is 14.7 Å². The molecule has 1 aliphatic heterocycles. The zero-order chi connectivity index (χ0) is 21.5. The van der Waals surface area contributed by atoms with E-state index in [0.29, 0.717) is 19.6 Å². The first-order valence-electron chi connectivity index (χ1n) is 10.4. The number of carbonyl (C=O) groups is 2. The molecule has 0 bridgehead atoms. The van der Waals surface area contributed by atoms with E-state index in [1.807, 2.05) is 35.2 Å². The van der Waals surface area contributed by atoms with Crippen molar-refractivity contribution < 1.29 is 14.3 Å². The molecule has 0 unspecified atom stereocenters. The largest absolute Gasteiger partial charge is 0.376 e. The van der Waals surface area contributed by atoms with Crippen molar-refractivity contribution in [1.29, 1.82) is 0 Å². The second-order valence-electron chi connectivity index (χ2n) is 7.95. The summed E-state index contributed by atoms with van der Waals surface area (Å²) >= 11 is 1.66. The van der Waals surface area contributed by atoms with Crippen LogP contribution in [0.25, 0.3) is 0 Å². The lowest BCUT2D eigenvalue weighted by molar-refractivity contribution is -0.133. The Balaban J connectivity index is 1.76. The maximum Gasteiger partial charge on any atom is 0.320 e. The number of aryl methyl sites for hydroxylation is 1. The van der Waals surface area contributed by atoms with E-state index in [2.05, 4.69) is 18.4 Å². The molecular weight excluding hydrogens is 398 g/mol. The van der Waals surface area contributed by atoms with Gasteiger partial charge in [-0.2, -0.15) is 0 Å². The molecule has 1 aromatic heterocycles. The Labute approximate surface area is 183 Å². The minimum atomic E-state index is -0.161. The van der Waals surface area contributed by atoms with Crippen molar-refractivity contribution in [3.63, 3.8) is 0 Å². The van der Waals surface area contributed by atoms with Gasteiger partial charge >= 0.3 is 6.03 Å². The molecule has 1 atom stereocenters. The van der Waals surface area contributed by atoms with Crippen molar-refractivity contribution >= 4 is 23.3 Å². The Morgan fingerprint density at radius 3 is 2.47 bits per heavy atom. The fourth-order valence-electron chi connectivity index (χ4n) is 3.57. The molecule has 1 aromatic carbocycles. The first kappa shape index (κ1) is 22.3. The smallest absolute Gasteiger partial charge is 0.320 e. The summed E-state index contributed by atoms with van der Waals surface area (Å²) in [5, 5.41) is 2.05. The molecule has 30 heavy (non-hydrogen) atoms. The van der Waals surface area contributed by atoms with E-state index < -0.39 is 0 Å². The molecule has 2 heterocycles. The van der Waals surface area contributed by atoms with Gasteiger partial charge in [0.05, 0.1) is 12.6 Å². The molecular formula is C23H31N3O3S. The van der Waals surface area contributed by atoms with Crippen LogP contribution in [0.2, 0.25) is 0 Å². The van der Waals surface area contributed by atoms with Crippen LogP contribution >= 0.6 is 11.3 Å². The molecule has 6 nitrogen and oxygen atoms in total. The van der Waals surface area contributed by atoms with E-state index in [9.17, 15) is 9.59 Å². The fourth-order valence-corrected chi connectivity index (χ4v) is 4.49. The number of urea groups is 1. The van der Waals surface area contributed by atoms with Gasteiger partial charge in [-0.3, -0.25) is 4.79 Å². The highest BCUT2D eigenvalue weighted by atomic mass is 32.1. The third kappa shape index (κ3) is 6.06. The van der Waals surface area contributed by atoms with Crippen LogP contribution in [0.15, 0.2) is 41.8 Å². The van der Waals surface area contributed by atoms with E-state index in [-0.39, 0.29) is 24.6 Å². The van der Waals surface area contributed by atoms with Crippen LogP contribution in [0.1, 0.15) is 28.8 Å². The number of amides is 3. The van der Waals surface area contributed by atoms with E-state index in [4.69, 9.17) is 4.74 Å². The summed E-state index contributed by atoms with van der Waals surface area (Å²) in [7, 11) is 3.43. The molecule has 3 rings (SSSR count). The number of carbonyl (C=O) groups excluding carboxylic acids is 2. The molecule has 0 radical (unpaired) electrons. The number of thiophene rings is 1. The van der Waals surface area contributed by atoms with Gasteiger partial charge in [0.25, 0.3) is 0 Å². The van der Waals surface area contributed by atoms with E-state index in [1.165, 1.54) is 15.3 Å². The third-order valence-electron chi connectivity index (χ3n) is 5.30. The van der Waals surface area contributed by atoms with Gasteiger partial charge in [0, 0.05) is 38.7 Å². The van der Waals surface area contributed by atoms with E-state index in [0.717, 1.165) is 25.0 Å². The number of hydrogen-bond donors (Lipinski definition) is 0. The van der Waals surface area contributed by atoms with Crippen LogP contribution in [-0.4, -0.2) is 66.5 Å². The molecule has 1 fully saturated rings. The van der Waals surface area contributed by atoms with Crippen LogP contribution in [-0.2, 0) is 22.6 Å². The first-order chi connectivity index (χ1) is 14.4. The van der Waals surface area contributed by atoms with Gasteiger partial charge in [-0.1, -0.05) is 30.3 Å². The third-order valence-corrected chi connectivity index (χ3v) is 6.31. The molecule has 0 spiro atoms. The number of hydrogen-bond acceptors (Lipinski definition) is 4. The van der Waals surface area contributed by atoms with Crippen LogP contribution in [0.3, 0.4) is 0 Å². The number of nitrogens with zero attached hydrogens (tertiary/aromatic N) is 3. The monoisotopic (exact) mass is 429 g/mol. The summed E-state index contributed by atoms with van der Waals surface area (Å²) in [6.45, 7) is 4.34. The van der Waals surface area contributed by atoms with Crippen LogP contribution in [0.5, 0.6) is 0 Å². The number of benzene rings is 1. The Hall–Kier alpha value is -2.38. The summed E-state index contributed by atoms with van der Waals surface area (Å²) in [5.74, 6) is -0.0557. The molecule has 0 N–H and O–H groups in total. The molecule has 1 aliphatic rings. The Bertz CT molecular complexity index is 831. The standard InChI is InChI=1S/C23H31N3O3S/c1-18-11-13-30-21(18)16-25(14-19-8-5-4-6-9-19)22(27)17-26(23(28)24(2)3)15-20-10-7-12-29-20/h4-6,8-9,11,13,20H,7,10,12,14-17H2,1-3H3/t20-/m0/s1. The molecule has 3 amide bonds. The van der Waals surface area contributed by atoms with Crippen molar-refractivity contribution in [2.24, 2.45) is 0 Å². The zero-order valence-electron chi connectivity index (χ0n) is 18.0. The molecule has 162 valence electrons. The molecule has 1 saturated heterocycles. The Morgan fingerprint density at radius 2 is 1.87 bits per heavy atom. The van der Waals surface area contributed by atoms with Crippen molar-refractivity contribution in [3.8, 4) is 0 Å². The Morgan fingerprint density at radius 1 is 1.10 bits per heavy atom. The van der Waals surface area contributed by atoms with Crippen LogP contribution < -0.4 is 0 Å². The van der Waals surface area contributed by atoms with Gasteiger partial charge in [-0.05, 0) is 42.3 Å². The molecule has 0 aliphatic carbocycles. The lowest BCUT2D eigenvalue weighted by atomic mass is 10.2. The molecule has 7 heteroatoms. The van der Waals surface area contributed by atoms with Crippen LogP contribution in [0, 0.1) is 6.92 Å². The average Bonchev–Trinajstić information content (AvgIpc) is 3.39. The maximum absolute atomic E-state index is 13.4. The highest BCUT2D eigenvalue weighted by Gasteiger charge is 2.27. The highest BCUT2D eigenvalue weighted by molar-refractivity contribution is 7.10. The van der Waals surface area contributed by atoms with Gasteiger partial charge < -0.3 is 19.4 Å². The summed E-state index contributed by atoms with van der Waals surface area (Å²) in [6.07, 6.45) is 1.93. The summed E-state index contributed by atoms with van der Waals surface area (Å²) in [4.78, 5) is 32.3. The zero-order valence-corrected chi connectivity index (χ0v) is 18.9. The fraction of sp³-hybridized carbons (Fsp3) is 0.478. The van der Waals surface area contributed by atoms with Gasteiger partial charge in [0.1, 0.15) is 6.54 Å². The van der Waals surface area contributed by atoms with Crippen molar-refractivity contribution in [3.05, 3.63) is 57.8 Å². The second-order valence-corrected chi connectivity index (χ2v) is 8.96. The second kappa shape index (κ2) is 10.6. The van der Waals surface area contributed by atoms with Gasteiger partial charge in [-0.25, -0.2) is 4.79 Å². The quantitative estimate of drug-likeness (QED) is 0.642. The average molecular weight is 430 g/mol. The molecule has 2 aromatic rings. The minimum Gasteiger partial charge on any atom is -0.376 e. The first-order valence-corrected chi connectivity index (χ1v) is 11.2. The molecule has 0 saturated carbocycles. The lowest BCUT2D eigenvalue weighted by Gasteiger charge is -2.30. The normalized spacial score (nSPS) is 15.8. The predicted octanol–water partition coefficient (Wildman–Crippen LogP) is 3.75. The SMILES string of the molecule is Cc1ccsc1CN(Cc1ccccc1)C(=O)CN(C[C@@H]1CCCO1)C(=O)N(C)C. The van der Waals surface area contributed by atoms with Crippen molar-refractivity contribution in [2.75, 3.05) is 33.8 Å². The summed E-state index contributed by atoms with van der Waals surface area (Å²) in [6, 6.07) is 11.9. The summed E-state index contributed by atoms with van der Waals surface area (Å²) < 4.78 is 5.72. The number of ether oxygens (including phenoxy) is 1. The lowest BCUT2D eigenvalue weighted by Crippen LogP contribution is -2.48. The van der Waals surface area contributed by atoms with Gasteiger partial charge in [0.2, 0.25) is 5.91 Å². The van der Waals surface area contributed by atoms with Gasteiger partial charge in [0.15, 0.2) is 0 Å². The predicted molar refractivity (Wildman–Crippen MR) is 119 cm³/mol. The maximum atomic E-state index is 13.4. The van der Waals surface area contributed by atoms with Gasteiger partial charge in [-0.15, -0.1) is 11.3 Å². The van der Waals surface area contributed by atoms with E-state index in [1.54, 1.807) is 30.3 Å². The van der Waals surface area contributed by atoms with Crippen LogP contribution in [0.4, 0.5) is 4.79 Å².